The zero-order valence-corrected chi connectivity index (χ0v) is 14.7. The SMILES string of the molecule is O=C(CSc1nnnn1-c1ccc(Cl)cc1)N1CCc2ccccc21. The molecule has 6 nitrogen and oxygen atoms in total. The van der Waals surface area contributed by atoms with E-state index >= 15 is 0 Å². The second kappa shape index (κ2) is 6.85. The predicted octanol–water partition coefficient (Wildman–Crippen LogP) is 3.00. The highest BCUT2D eigenvalue weighted by Crippen LogP contribution is 2.28. The van der Waals surface area contributed by atoms with E-state index in [2.05, 4.69) is 21.6 Å². The maximum atomic E-state index is 12.6. The van der Waals surface area contributed by atoms with Crippen molar-refractivity contribution in [3.05, 3.63) is 59.1 Å². The van der Waals surface area contributed by atoms with Crippen LogP contribution in [0.25, 0.3) is 5.69 Å². The molecule has 0 radical (unpaired) electrons. The number of hydrogen-bond acceptors (Lipinski definition) is 5. The molecule has 3 aromatic rings. The third-order valence-electron chi connectivity index (χ3n) is 4.03. The molecule has 126 valence electrons. The number of hydrogen-bond donors (Lipinski definition) is 0. The lowest BCUT2D eigenvalue weighted by atomic mass is 10.2. The van der Waals surface area contributed by atoms with Gasteiger partial charge in [0.15, 0.2) is 0 Å². The largest absolute Gasteiger partial charge is 0.311 e. The van der Waals surface area contributed by atoms with E-state index in [1.54, 1.807) is 16.8 Å². The van der Waals surface area contributed by atoms with Gasteiger partial charge in [0.25, 0.3) is 0 Å². The van der Waals surface area contributed by atoms with Crippen molar-refractivity contribution in [3.63, 3.8) is 0 Å². The molecule has 4 rings (SSSR count). The molecule has 0 fully saturated rings. The molecule has 0 unspecified atom stereocenters. The smallest absolute Gasteiger partial charge is 0.237 e. The lowest BCUT2D eigenvalue weighted by molar-refractivity contribution is -0.116. The number of carbonyl (C=O) groups is 1. The van der Waals surface area contributed by atoms with Crippen LogP contribution in [0.15, 0.2) is 53.7 Å². The quantitative estimate of drug-likeness (QED) is 0.660. The predicted molar refractivity (Wildman–Crippen MR) is 97.4 cm³/mol. The van der Waals surface area contributed by atoms with Crippen LogP contribution in [0.1, 0.15) is 5.56 Å². The lowest BCUT2D eigenvalue weighted by Gasteiger charge is -2.16. The first kappa shape index (κ1) is 16.1. The number of fused-ring (bicyclic) bond motifs is 1. The van der Waals surface area contributed by atoms with Crippen LogP contribution in [0.5, 0.6) is 0 Å². The van der Waals surface area contributed by atoms with E-state index in [4.69, 9.17) is 11.6 Å². The summed E-state index contributed by atoms with van der Waals surface area (Å²) >= 11 is 7.24. The number of amides is 1. The lowest BCUT2D eigenvalue weighted by Crippen LogP contribution is -2.30. The molecular weight excluding hydrogens is 358 g/mol. The van der Waals surface area contributed by atoms with Gasteiger partial charge >= 0.3 is 0 Å². The fraction of sp³-hybridized carbons (Fsp3) is 0.176. The Bertz CT molecular complexity index is 911. The normalized spacial score (nSPS) is 13.1. The third-order valence-corrected chi connectivity index (χ3v) is 5.18. The molecule has 1 aliphatic rings. The molecule has 0 atom stereocenters. The van der Waals surface area contributed by atoms with Gasteiger partial charge in [-0.25, -0.2) is 0 Å². The van der Waals surface area contributed by atoms with Crippen LogP contribution in [-0.2, 0) is 11.2 Å². The number of thioether (sulfide) groups is 1. The van der Waals surface area contributed by atoms with Crippen LogP contribution in [0.2, 0.25) is 5.02 Å². The maximum absolute atomic E-state index is 12.6. The number of rotatable bonds is 4. The molecule has 25 heavy (non-hydrogen) atoms. The third kappa shape index (κ3) is 3.25. The molecule has 1 amide bonds. The summed E-state index contributed by atoms with van der Waals surface area (Å²) in [6.45, 7) is 0.723. The van der Waals surface area contributed by atoms with Crippen LogP contribution in [-0.4, -0.2) is 38.4 Å². The second-order valence-corrected chi connectivity index (χ2v) is 6.94. The van der Waals surface area contributed by atoms with Gasteiger partial charge in [0.05, 0.1) is 11.4 Å². The number of halogens is 1. The minimum atomic E-state index is 0.0561. The number of benzene rings is 2. The summed E-state index contributed by atoms with van der Waals surface area (Å²) in [5.74, 6) is 0.336. The summed E-state index contributed by atoms with van der Waals surface area (Å²) in [5, 5.41) is 12.9. The van der Waals surface area contributed by atoms with Crippen molar-refractivity contribution in [3.8, 4) is 5.69 Å². The molecule has 8 heteroatoms. The first-order chi connectivity index (χ1) is 12.2. The van der Waals surface area contributed by atoms with Gasteiger partial charge in [0, 0.05) is 17.3 Å². The Kier molecular flexibility index (Phi) is 4.42. The Labute approximate surface area is 153 Å². The van der Waals surface area contributed by atoms with Crippen LogP contribution in [0.4, 0.5) is 5.69 Å². The Morgan fingerprint density at radius 2 is 1.96 bits per heavy atom. The van der Waals surface area contributed by atoms with Gasteiger partial charge in [-0.15, -0.1) is 5.10 Å². The van der Waals surface area contributed by atoms with Crippen LogP contribution in [0.3, 0.4) is 0 Å². The van der Waals surface area contributed by atoms with Gasteiger partial charge in [0.2, 0.25) is 11.1 Å². The zero-order chi connectivity index (χ0) is 17.2. The summed E-state index contributed by atoms with van der Waals surface area (Å²) in [4.78, 5) is 14.4. The Morgan fingerprint density at radius 3 is 2.80 bits per heavy atom. The molecule has 0 bridgehead atoms. The summed E-state index contributed by atoms with van der Waals surface area (Å²) in [5.41, 5.74) is 3.02. The summed E-state index contributed by atoms with van der Waals surface area (Å²) < 4.78 is 1.60. The molecular formula is C17H14ClN5OS. The number of tetrazole rings is 1. The van der Waals surface area contributed by atoms with Gasteiger partial charge in [0.1, 0.15) is 0 Å². The average Bonchev–Trinajstić information content (AvgIpc) is 3.27. The van der Waals surface area contributed by atoms with E-state index in [-0.39, 0.29) is 11.7 Å². The highest BCUT2D eigenvalue weighted by atomic mass is 35.5. The monoisotopic (exact) mass is 371 g/mol. The number of anilines is 1. The number of aromatic nitrogens is 4. The van der Waals surface area contributed by atoms with Crippen molar-refractivity contribution in [1.82, 2.24) is 20.2 Å². The van der Waals surface area contributed by atoms with Gasteiger partial charge in [-0.3, -0.25) is 4.79 Å². The number of para-hydroxylation sites is 1. The minimum absolute atomic E-state index is 0.0561. The molecule has 2 heterocycles. The highest BCUT2D eigenvalue weighted by molar-refractivity contribution is 7.99. The van der Waals surface area contributed by atoms with E-state index in [9.17, 15) is 4.79 Å². The van der Waals surface area contributed by atoms with E-state index in [0.717, 1.165) is 24.3 Å². The van der Waals surface area contributed by atoms with Gasteiger partial charge in [-0.1, -0.05) is 41.6 Å². The molecule has 1 aromatic heterocycles. The standard InChI is InChI=1S/C17H14ClN5OS/c18-13-5-7-14(8-6-13)23-17(19-20-21-23)25-11-16(24)22-10-9-12-3-1-2-4-15(12)22/h1-8H,9-11H2. The summed E-state index contributed by atoms with van der Waals surface area (Å²) in [6, 6.07) is 15.2. The van der Waals surface area contributed by atoms with Crippen molar-refractivity contribution < 1.29 is 4.79 Å². The molecule has 0 saturated heterocycles. The van der Waals surface area contributed by atoms with Gasteiger partial charge in [-0.2, -0.15) is 4.68 Å². The first-order valence-corrected chi connectivity index (χ1v) is 9.14. The minimum Gasteiger partial charge on any atom is -0.311 e. The number of carbonyl (C=O) groups excluding carboxylic acids is 1. The van der Waals surface area contributed by atoms with Crippen LogP contribution in [0, 0.1) is 0 Å². The van der Waals surface area contributed by atoms with Crippen LogP contribution >= 0.6 is 23.4 Å². The van der Waals surface area contributed by atoms with Crippen molar-refractivity contribution in [2.45, 2.75) is 11.6 Å². The van der Waals surface area contributed by atoms with Crippen molar-refractivity contribution in [2.24, 2.45) is 0 Å². The Morgan fingerprint density at radius 1 is 1.16 bits per heavy atom. The molecule has 0 aliphatic carbocycles. The van der Waals surface area contributed by atoms with E-state index in [0.29, 0.717) is 10.2 Å². The molecule has 1 aliphatic heterocycles. The molecule has 0 N–H and O–H groups in total. The van der Waals surface area contributed by atoms with Gasteiger partial charge < -0.3 is 4.90 Å². The molecule has 0 saturated carbocycles. The molecule has 0 spiro atoms. The first-order valence-electron chi connectivity index (χ1n) is 7.78. The van der Waals surface area contributed by atoms with Gasteiger partial charge in [-0.05, 0) is 52.7 Å². The maximum Gasteiger partial charge on any atom is 0.237 e. The van der Waals surface area contributed by atoms with Crippen LogP contribution < -0.4 is 4.90 Å². The zero-order valence-electron chi connectivity index (χ0n) is 13.2. The topological polar surface area (TPSA) is 63.9 Å². The van der Waals surface area contributed by atoms with Crippen molar-refractivity contribution >= 4 is 35.0 Å². The molecule has 2 aromatic carbocycles. The summed E-state index contributed by atoms with van der Waals surface area (Å²) in [6.07, 6.45) is 0.898. The fourth-order valence-electron chi connectivity index (χ4n) is 2.81. The fourth-order valence-corrected chi connectivity index (χ4v) is 3.71. The summed E-state index contributed by atoms with van der Waals surface area (Å²) in [7, 11) is 0. The van der Waals surface area contributed by atoms with Crippen molar-refractivity contribution in [2.75, 3.05) is 17.2 Å². The number of nitrogens with zero attached hydrogens (tertiary/aromatic N) is 5. The van der Waals surface area contributed by atoms with E-state index < -0.39 is 0 Å². The highest BCUT2D eigenvalue weighted by Gasteiger charge is 2.24. The Balaban J connectivity index is 1.47. The van der Waals surface area contributed by atoms with Crippen molar-refractivity contribution in [1.29, 1.82) is 0 Å². The van der Waals surface area contributed by atoms with E-state index in [1.807, 2.05) is 35.2 Å². The second-order valence-electron chi connectivity index (χ2n) is 5.56. The van der Waals surface area contributed by atoms with E-state index in [1.165, 1.54) is 17.3 Å². The average molecular weight is 372 g/mol. The Hall–Kier alpha value is -2.38.